The average Bonchev–Trinajstić information content (AvgIpc) is 3.18. The lowest BCUT2D eigenvalue weighted by atomic mass is 10.1. The summed E-state index contributed by atoms with van der Waals surface area (Å²) < 4.78 is 16.8. The molecule has 2 aliphatic rings. The molecule has 2 fully saturated rings. The van der Waals surface area contributed by atoms with Gasteiger partial charge in [-0.2, -0.15) is 0 Å². The molecule has 1 saturated heterocycles. The lowest BCUT2D eigenvalue weighted by Gasteiger charge is -2.24. The van der Waals surface area contributed by atoms with Crippen LogP contribution in [0.3, 0.4) is 0 Å². The molecule has 1 aromatic rings. The Morgan fingerprint density at radius 2 is 2.00 bits per heavy atom. The normalized spacial score (nSPS) is 21.5. The predicted octanol–water partition coefficient (Wildman–Crippen LogP) is 2.32. The van der Waals surface area contributed by atoms with Crippen LogP contribution in [0.25, 0.3) is 0 Å². The smallest absolute Gasteiger partial charge is 0.161 e. The van der Waals surface area contributed by atoms with Crippen molar-refractivity contribution in [2.75, 3.05) is 20.3 Å². The Hall–Kier alpha value is -1.26. The lowest BCUT2D eigenvalue weighted by molar-refractivity contribution is 0.0245. The Bertz CT molecular complexity index is 462. The van der Waals surface area contributed by atoms with E-state index in [1.165, 1.54) is 0 Å². The van der Waals surface area contributed by atoms with E-state index in [0.29, 0.717) is 6.42 Å². The topological polar surface area (TPSA) is 47.9 Å². The van der Waals surface area contributed by atoms with Crippen LogP contribution in [0.1, 0.15) is 31.2 Å². The van der Waals surface area contributed by atoms with Crippen LogP contribution < -0.4 is 9.47 Å². The van der Waals surface area contributed by atoms with Crippen molar-refractivity contribution in [1.29, 1.82) is 0 Å². The molecule has 1 aliphatic heterocycles. The molecule has 0 unspecified atom stereocenters. The highest BCUT2D eigenvalue weighted by atomic mass is 16.5. The molecule has 1 heterocycles. The summed E-state index contributed by atoms with van der Waals surface area (Å²) in [7, 11) is 1.65. The molecule has 4 heteroatoms. The Balaban J connectivity index is 1.73. The predicted molar refractivity (Wildman–Crippen MR) is 75.4 cm³/mol. The molecule has 0 aromatic heterocycles. The van der Waals surface area contributed by atoms with E-state index in [-0.39, 0.29) is 6.10 Å². The van der Waals surface area contributed by atoms with Gasteiger partial charge in [-0.05, 0) is 30.5 Å². The maximum Gasteiger partial charge on any atom is 0.161 e. The summed E-state index contributed by atoms with van der Waals surface area (Å²) >= 11 is 0. The third-order valence-corrected chi connectivity index (χ3v) is 4.05. The van der Waals surface area contributed by atoms with Crippen molar-refractivity contribution in [3.05, 3.63) is 23.8 Å². The van der Waals surface area contributed by atoms with Gasteiger partial charge in [0.15, 0.2) is 11.5 Å². The highest BCUT2D eigenvalue weighted by Crippen LogP contribution is 2.40. The molecule has 1 N–H and O–H groups in total. The van der Waals surface area contributed by atoms with E-state index in [2.05, 4.69) is 0 Å². The molecule has 20 heavy (non-hydrogen) atoms. The van der Waals surface area contributed by atoms with E-state index in [1.54, 1.807) is 7.11 Å². The standard InChI is InChI=1S/C16H22O4/c1-18-14-3-2-12(11-16(17)6-7-16)10-15(14)20-13-4-8-19-9-5-13/h2-3,10,13,17H,4-9,11H2,1H3. The Morgan fingerprint density at radius 1 is 1.25 bits per heavy atom. The quantitative estimate of drug-likeness (QED) is 0.898. The first-order valence-corrected chi connectivity index (χ1v) is 7.32. The third-order valence-electron chi connectivity index (χ3n) is 4.05. The van der Waals surface area contributed by atoms with E-state index < -0.39 is 5.60 Å². The maximum absolute atomic E-state index is 10.0. The first-order chi connectivity index (χ1) is 9.68. The first-order valence-electron chi connectivity index (χ1n) is 7.32. The van der Waals surface area contributed by atoms with E-state index in [1.807, 2.05) is 18.2 Å². The first kappa shape index (κ1) is 13.7. The zero-order chi connectivity index (χ0) is 14.0. The van der Waals surface area contributed by atoms with Crippen LogP contribution in [-0.2, 0) is 11.2 Å². The fraction of sp³-hybridized carbons (Fsp3) is 0.625. The molecule has 0 bridgehead atoms. The minimum atomic E-state index is -0.482. The van der Waals surface area contributed by atoms with Crippen LogP contribution in [0.15, 0.2) is 18.2 Å². The average molecular weight is 278 g/mol. The third kappa shape index (κ3) is 3.25. The molecule has 0 spiro atoms. The van der Waals surface area contributed by atoms with Gasteiger partial charge in [-0.3, -0.25) is 0 Å². The van der Waals surface area contributed by atoms with E-state index in [9.17, 15) is 5.11 Å². The maximum atomic E-state index is 10.0. The van der Waals surface area contributed by atoms with Gasteiger partial charge in [-0.1, -0.05) is 6.07 Å². The number of benzene rings is 1. The molecule has 4 nitrogen and oxygen atoms in total. The highest BCUT2D eigenvalue weighted by Gasteiger charge is 2.40. The van der Waals surface area contributed by atoms with Gasteiger partial charge < -0.3 is 19.3 Å². The summed E-state index contributed by atoms with van der Waals surface area (Å²) in [6.07, 6.45) is 4.51. The number of rotatable bonds is 5. The number of hydrogen-bond acceptors (Lipinski definition) is 4. The van der Waals surface area contributed by atoms with Crippen molar-refractivity contribution in [2.45, 2.75) is 43.8 Å². The second-order valence-electron chi connectivity index (χ2n) is 5.82. The van der Waals surface area contributed by atoms with Crippen LogP contribution in [0.2, 0.25) is 0 Å². The molecule has 110 valence electrons. The second-order valence-corrected chi connectivity index (χ2v) is 5.82. The molecular formula is C16H22O4. The SMILES string of the molecule is COc1ccc(CC2(O)CC2)cc1OC1CCOCC1. The fourth-order valence-electron chi connectivity index (χ4n) is 2.60. The lowest BCUT2D eigenvalue weighted by Crippen LogP contribution is -2.26. The van der Waals surface area contributed by atoms with Gasteiger partial charge in [0.25, 0.3) is 0 Å². The van der Waals surface area contributed by atoms with E-state index in [4.69, 9.17) is 14.2 Å². The largest absolute Gasteiger partial charge is 0.493 e. The Labute approximate surface area is 119 Å². The second kappa shape index (κ2) is 5.62. The van der Waals surface area contributed by atoms with Crippen molar-refractivity contribution in [1.82, 2.24) is 0 Å². The van der Waals surface area contributed by atoms with Crippen LogP contribution in [-0.4, -0.2) is 37.1 Å². The van der Waals surface area contributed by atoms with Gasteiger partial charge in [-0.15, -0.1) is 0 Å². The van der Waals surface area contributed by atoms with Gasteiger partial charge in [0.05, 0.1) is 25.9 Å². The molecule has 1 saturated carbocycles. The summed E-state index contributed by atoms with van der Waals surface area (Å²) in [6, 6.07) is 5.94. The summed E-state index contributed by atoms with van der Waals surface area (Å²) in [4.78, 5) is 0. The Morgan fingerprint density at radius 3 is 2.65 bits per heavy atom. The monoisotopic (exact) mass is 278 g/mol. The van der Waals surface area contributed by atoms with Crippen molar-refractivity contribution in [3.8, 4) is 11.5 Å². The van der Waals surface area contributed by atoms with Crippen molar-refractivity contribution in [3.63, 3.8) is 0 Å². The molecule has 3 rings (SSSR count). The summed E-state index contributed by atoms with van der Waals surface area (Å²) in [5.41, 5.74) is 0.623. The van der Waals surface area contributed by atoms with Crippen molar-refractivity contribution >= 4 is 0 Å². The van der Waals surface area contributed by atoms with Crippen LogP contribution in [0, 0.1) is 0 Å². The van der Waals surface area contributed by atoms with Gasteiger partial charge >= 0.3 is 0 Å². The number of methoxy groups -OCH3 is 1. The molecule has 0 radical (unpaired) electrons. The van der Waals surface area contributed by atoms with Crippen LogP contribution in [0.4, 0.5) is 0 Å². The zero-order valence-electron chi connectivity index (χ0n) is 11.9. The van der Waals surface area contributed by atoms with Crippen LogP contribution >= 0.6 is 0 Å². The van der Waals surface area contributed by atoms with Crippen molar-refractivity contribution < 1.29 is 19.3 Å². The van der Waals surface area contributed by atoms with E-state index >= 15 is 0 Å². The zero-order valence-corrected chi connectivity index (χ0v) is 11.9. The van der Waals surface area contributed by atoms with E-state index in [0.717, 1.165) is 56.0 Å². The Kier molecular flexibility index (Phi) is 3.85. The van der Waals surface area contributed by atoms with Crippen molar-refractivity contribution in [2.24, 2.45) is 0 Å². The number of ether oxygens (including phenoxy) is 3. The molecule has 0 amide bonds. The fourth-order valence-corrected chi connectivity index (χ4v) is 2.60. The number of aliphatic hydroxyl groups is 1. The minimum absolute atomic E-state index is 0.192. The molecular weight excluding hydrogens is 256 g/mol. The minimum Gasteiger partial charge on any atom is -0.493 e. The van der Waals surface area contributed by atoms with Gasteiger partial charge in [0.1, 0.15) is 6.10 Å². The number of hydrogen-bond donors (Lipinski definition) is 1. The van der Waals surface area contributed by atoms with Gasteiger partial charge in [-0.25, -0.2) is 0 Å². The van der Waals surface area contributed by atoms with Gasteiger partial charge in [0, 0.05) is 19.3 Å². The molecule has 0 atom stereocenters. The highest BCUT2D eigenvalue weighted by molar-refractivity contribution is 5.43. The van der Waals surface area contributed by atoms with Crippen LogP contribution in [0.5, 0.6) is 11.5 Å². The molecule has 1 aliphatic carbocycles. The summed E-state index contributed by atoms with van der Waals surface area (Å²) in [5.74, 6) is 1.53. The summed E-state index contributed by atoms with van der Waals surface area (Å²) in [6.45, 7) is 1.51. The summed E-state index contributed by atoms with van der Waals surface area (Å²) in [5, 5.41) is 10.0. The van der Waals surface area contributed by atoms with Gasteiger partial charge in [0.2, 0.25) is 0 Å². The molecule has 1 aromatic carbocycles.